The first kappa shape index (κ1) is 16.0. The van der Waals surface area contributed by atoms with E-state index in [4.69, 9.17) is 0 Å². The van der Waals surface area contributed by atoms with Gasteiger partial charge in [0.05, 0.1) is 6.61 Å². The zero-order valence-electron chi connectivity index (χ0n) is 14.1. The Hall–Kier alpha value is -1.84. The van der Waals surface area contributed by atoms with Crippen LogP contribution in [-0.2, 0) is 6.61 Å². The molecule has 3 heteroatoms. The van der Waals surface area contributed by atoms with Crippen LogP contribution in [0.1, 0.15) is 19.4 Å². The normalized spacial score (nSPS) is 16.1. The summed E-state index contributed by atoms with van der Waals surface area (Å²) in [4.78, 5) is 5.00. The highest BCUT2D eigenvalue weighted by atomic mass is 16.3. The van der Waals surface area contributed by atoms with Gasteiger partial charge in [0.15, 0.2) is 0 Å². The van der Waals surface area contributed by atoms with Gasteiger partial charge in [0.25, 0.3) is 0 Å². The van der Waals surface area contributed by atoms with E-state index < -0.39 is 0 Å². The first-order valence-electron chi connectivity index (χ1n) is 8.46. The zero-order chi connectivity index (χ0) is 16.2. The summed E-state index contributed by atoms with van der Waals surface area (Å²) in [6.07, 6.45) is 0. The Morgan fingerprint density at radius 2 is 1.61 bits per heavy atom. The van der Waals surface area contributed by atoms with E-state index in [1.165, 1.54) is 11.3 Å². The Morgan fingerprint density at radius 3 is 2.22 bits per heavy atom. The summed E-state index contributed by atoms with van der Waals surface area (Å²) in [7, 11) is 0. The molecule has 2 aromatic carbocycles. The molecular formula is C20H26N2O. The number of piperazine rings is 1. The summed E-state index contributed by atoms with van der Waals surface area (Å²) in [6.45, 7) is 9.09. The molecule has 0 radical (unpaired) electrons. The van der Waals surface area contributed by atoms with Crippen LogP contribution in [0.2, 0.25) is 0 Å². The van der Waals surface area contributed by atoms with Crippen LogP contribution in [0, 0.1) is 0 Å². The number of nitrogens with zero attached hydrogens (tertiary/aromatic N) is 2. The highest BCUT2D eigenvalue weighted by Crippen LogP contribution is 2.25. The first-order chi connectivity index (χ1) is 11.2. The minimum atomic E-state index is 0.0893. The van der Waals surface area contributed by atoms with Crippen molar-refractivity contribution < 1.29 is 5.11 Å². The van der Waals surface area contributed by atoms with Crippen molar-refractivity contribution in [1.82, 2.24) is 4.90 Å². The Bertz CT molecular complexity index is 628. The van der Waals surface area contributed by atoms with Crippen molar-refractivity contribution in [2.24, 2.45) is 0 Å². The summed E-state index contributed by atoms with van der Waals surface area (Å²) in [5.74, 6) is 0. The van der Waals surface area contributed by atoms with Gasteiger partial charge in [-0.15, -0.1) is 0 Å². The summed E-state index contributed by atoms with van der Waals surface area (Å²) in [5.41, 5.74) is 4.62. The molecule has 1 aliphatic heterocycles. The van der Waals surface area contributed by atoms with Gasteiger partial charge in [0, 0.05) is 37.9 Å². The average molecular weight is 310 g/mol. The topological polar surface area (TPSA) is 26.7 Å². The fourth-order valence-electron chi connectivity index (χ4n) is 3.21. The predicted molar refractivity (Wildman–Crippen MR) is 96.7 cm³/mol. The highest BCUT2D eigenvalue weighted by Gasteiger charge is 2.18. The van der Waals surface area contributed by atoms with Crippen LogP contribution in [0.5, 0.6) is 0 Å². The van der Waals surface area contributed by atoms with Crippen molar-refractivity contribution in [3.63, 3.8) is 0 Å². The Kier molecular flexibility index (Phi) is 4.99. The standard InChI is InChI=1S/C20H26N2O/c1-16(2)21-10-12-22(13-11-21)20-8-6-18(7-9-20)19-5-3-4-17(14-19)15-23/h3-9,14,16,23H,10-13,15H2,1-2H3. The molecule has 3 rings (SSSR count). The number of benzene rings is 2. The van der Waals surface area contributed by atoms with E-state index in [1.807, 2.05) is 12.1 Å². The molecule has 0 saturated carbocycles. The molecular weight excluding hydrogens is 284 g/mol. The van der Waals surface area contributed by atoms with Crippen LogP contribution in [0.4, 0.5) is 5.69 Å². The van der Waals surface area contributed by atoms with Gasteiger partial charge in [-0.25, -0.2) is 0 Å². The van der Waals surface area contributed by atoms with Gasteiger partial charge in [-0.2, -0.15) is 0 Å². The summed E-state index contributed by atoms with van der Waals surface area (Å²) >= 11 is 0. The van der Waals surface area contributed by atoms with Gasteiger partial charge >= 0.3 is 0 Å². The summed E-state index contributed by atoms with van der Waals surface area (Å²) in [5, 5.41) is 9.27. The lowest BCUT2D eigenvalue weighted by molar-refractivity contribution is 0.209. The molecule has 2 aromatic rings. The van der Waals surface area contributed by atoms with Gasteiger partial charge < -0.3 is 10.0 Å². The maximum atomic E-state index is 9.27. The summed E-state index contributed by atoms with van der Waals surface area (Å²) < 4.78 is 0. The Labute approximate surface area is 139 Å². The van der Waals surface area contributed by atoms with E-state index in [0.29, 0.717) is 6.04 Å². The van der Waals surface area contributed by atoms with Gasteiger partial charge in [0.2, 0.25) is 0 Å². The second-order valence-corrected chi connectivity index (χ2v) is 6.52. The molecule has 0 aliphatic carbocycles. The SMILES string of the molecule is CC(C)N1CCN(c2ccc(-c3cccc(CO)c3)cc2)CC1. The quantitative estimate of drug-likeness (QED) is 0.938. The number of rotatable bonds is 4. The van der Waals surface area contributed by atoms with Crippen LogP contribution < -0.4 is 4.90 Å². The fraction of sp³-hybridized carbons (Fsp3) is 0.400. The van der Waals surface area contributed by atoms with Crippen LogP contribution in [-0.4, -0.2) is 42.2 Å². The lowest BCUT2D eigenvalue weighted by Gasteiger charge is -2.38. The van der Waals surface area contributed by atoms with E-state index in [2.05, 4.69) is 60.0 Å². The van der Waals surface area contributed by atoms with Crippen molar-refractivity contribution in [3.05, 3.63) is 54.1 Å². The third kappa shape index (κ3) is 3.74. The fourth-order valence-corrected chi connectivity index (χ4v) is 3.21. The highest BCUT2D eigenvalue weighted by molar-refractivity contribution is 5.67. The molecule has 0 spiro atoms. The molecule has 1 fully saturated rings. The zero-order valence-corrected chi connectivity index (χ0v) is 14.1. The smallest absolute Gasteiger partial charge is 0.0682 e. The predicted octanol–water partition coefficient (Wildman–Crippen LogP) is 3.38. The minimum absolute atomic E-state index is 0.0893. The van der Waals surface area contributed by atoms with Crippen molar-refractivity contribution in [1.29, 1.82) is 0 Å². The molecule has 0 amide bonds. The van der Waals surface area contributed by atoms with E-state index in [-0.39, 0.29) is 6.61 Å². The second kappa shape index (κ2) is 7.16. The van der Waals surface area contributed by atoms with Gasteiger partial charge in [-0.1, -0.05) is 30.3 Å². The van der Waals surface area contributed by atoms with E-state index in [0.717, 1.165) is 37.3 Å². The number of aliphatic hydroxyl groups excluding tert-OH is 1. The van der Waals surface area contributed by atoms with Gasteiger partial charge in [0.1, 0.15) is 0 Å². The van der Waals surface area contributed by atoms with Crippen LogP contribution in [0.3, 0.4) is 0 Å². The summed E-state index contributed by atoms with van der Waals surface area (Å²) in [6, 6.07) is 17.5. The van der Waals surface area contributed by atoms with Crippen molar-refractivity contribution >= 4 is 5.69 Å². The number of aliphatic hydroxyl groups is 1. The number of hydrogen-bond acceptors (Lipinski definition) is 3. The maximum Gasteiger partial charge on any atom is 0.0682 e. The van der Waals surface area contributed by atoms with Crippen molar-refractivity contribution in [3.8, 4) is 11.1 Å². The van der Waals surface area contributed by atoms with E-state index >= 15 is 0 Å². The van der Waals surface area contributed by atoms with Crippen LogP contribution in [0.25, 0.3) is 11.1 Å². The van der Waals surface area contributed by atoms with Gasteiger partial charge in [-0.05, 0) is 48.7 Å². The molecule has 0 unspecified atom stereocenters. The Morgan fingerprint density at radius 1 is 0.913 bits per heavy atom. The van der Waals surface area contributed by atoms with E-state index in [1.54, 1.807) is 0 Å². The largest absolute Gasteiger partial charge is 0.392 e. The number of hydrogen-bond donors (Lipinski definition) is 1. The molecule has 0 bridgehead atoms. The first-order valence-corrected chi connectivity index (χ1v) is 8.46. The molecule has 122 valence electrons. The molecule has 23 heavy (non-hydrogen) atoms. The minimum Gasteiger partial charge on any atom is -0.392 e. The van der Waals surface area contributed by atoms with Crippen molar-refractivity contribution in [2.45, 2.75) is 26.5 Å². The molecule has 1 aliphatic rings. The third-order valence-electron chi connectivity index (χ3n) is 4.72. The molecule has 1 saturated heterocycles. The van der Waals surface area contributed by atoms with Crippen LogP contribution >= 0.6 is 0 Å². The van der Waals surface area contributed by atoms with Gasteiger partial charge in [-0.3, -0.25) is 4.90 Å². The lowest BCUT2D eigenvalue weighted by atomic mass is 10.0. The molecule has 1 heterocycles. The molecule has 1 N–H and O–H groups in total. The molecule has 3 nitrogen and oxygen atoms in total. The maximum absolute atomic E-state index is 9.27. The molecule has 0 atom stereocenters. The lowest BCUT2D eigenvalue weighted by Crippen LogP contribution is -2.48. The number of anilines is 1. The Balaban J connectivity index is 1.70. The monoisotopic (exact) mass is 310 g/mol. The third-order valence-corrected chi connectivity index (χ3v) is 4.72. The van der Waals surface area contributed by atoms with Crippen molar-refractivity contribution in [2.75, 3.05) is 31.1 Å². The van der Waals surface area contributed by atoms with E-state index in [9.17, 15) is 5.11 Å². The second-order valence-electron chi connectivity index (χ2n) is 6.52. The molecule has 0 aromatic heterocycles. The average Bonchev–Trinajstić information content (AvgIpc) is 2.62. The van der Waals surface area contributed by atoms with Crippen LogP contribution in [0.15, 0.2) is 48.5 Å².